The van der Waals surface area contributed by atoms with Gasteiger partial charge in [-0.1, -0.05) is 6.07 Å². The number of rotatable bonds is 7. The third kappa shape index (κ3) is 4.48. The van der Waals surface area contributed by atoms with Crippen molar-refractivity contribution in [1.82, 2.24) is 30.0 Å². The van der Waals surface area contributed by atoms with E-state index in [0.29, 0.717) is 5.82 Å². The van der Waals surface area contributed by atoms with Crippen LogP contribution in [0.3, 0.4) is 0 Å². The van der Waals surface area contributed by atoms with E-state index >= 15 is 0 Å². The Bertz CT molecular complexity index is 775. The molecule has 3 rings (SSSR count). The van der Waals surface area contributed by atoms with Gasteiger partial charge in [-0.25, -0.2) is 9.97 Å². The summed E-state index contributed by atoms with van der Waals surface area (Å²) >= 11 is 0. The first-order valence-electron chi connectivity index (χ1n) is 8.55. The van der Waals surface area contributed by atoms with Crippen LogP contribution in [-0.4, -0.2) is 43.6 Å². The first-order chi connectivity index (χ1) is 12.1. The van der Waals surface area contributed by atoms with Gasteiger partial charge in [0.05, 0.1) is 5.69 Å². The summed E-state index contributed by atoms with van der Waals surface area (Å²) in [6, 6.07) is 5.75. The molecule has 6 heteroatoms. The predicted octanol–water partition coefficient (Wildman–Crippen LogP) is 2.94. The van der Waals surface area contributed by atoms with E-state index < -0.39 is 0 Å². The van der Waals surface area contributed by atoms with E-state index in [1.54, 1.807) is 6.20 Å². The van der Waals surface area contributed by atoms with Gasteiger partial charge in [0.25, 0.3) is 0 Å². The molecule has 0 fully saturated rings. The zero-order chi connectivity index (χ0) is 17.6. The highest BCUT2D eigenvalue weighted by molar-refractivity contribution is 5.47. The third-order valence-electron chi connectivity index (χ3n) is 4.30. The average molecular weight is 336 g/mol. The Hall–Kier alpha value is -2.60. The maximum absolute atomic E-state index is 4.43. The topological polar surface area (TPSA) is 70.6 Å². The SMILES string of the molecule is Cc1n[nH]c(C)c1CCCN(C)Cc1cnc(-c2ccccn2)nc1. The first-order valence-corrected chi connectivity index (χ1v) is 8.55. The third-order valence-corrected chi connectivity index (χ3v) is 4.30. The number of H-pyrrole nitrogens is 1. The normalized spacial score (nSPS) is 11.2. The summed E-state index contributed by atoms with van der Waals surface area (Å²) in [4.78, 5) is 15.4. The van der Waals surface area contributed by atoms with Gasteiger partial charge in [0.2, 0.25) is 0 Å². The van der Waals surface area contributed by atoms with Gasteiger partial charge in [-0.05, 0) is 58.0 Å². The number of hydrogen-bond donors (Lipinski definition) is 1. The smallest absolute Gasteiger partial charge is 0.178 e. The number of nitrogens with zero attached hydrogens (tertiary/aromatic N) is 5. The molecular weight excluding hydrogens is 312 g/mol. The minimum Gasteiger partial charge on any atom is -0.302 e. The van der Waals surface area contributed by atoms with Crippen molar-refractivity contribution in [3.8, 4) is 11.5 Å². The van der Waals surface area contributed by atoms with E-state index in [9.17, 15) is 0 Å². The van der Waals surface area contributed by atoms with Crippen molar-refractivity contribution in [3.05, 3.63) is 59.3 Å². The number of hydrogen-bond acceptors (Lipinski definition) is 5. The van der Waals surface area contributed by atoms with Gasteiger partial charge in [0, 0.05) is 36.4 Å². The van der Waals surface area contributed by atoms with E-state index in [1.165, 1.54) is 11.3 Å². The molecular formula is C19H24N6. The molecule has 0 saturated heterocycles. The van der Waals surface area contributed by atoms with E-state index in [2.05, 4.69) is 50.9 Å². The van der Waals surface area contributed by atoms with Crippen LogP contribution in [0.15, 0.2) is 36.8 Å². The highest BCUT2D eigenvalue weighted by Crippen LogP contribution is 2.13. The van der Waals surface area contributed by atoms with Crippen molar-refractivity contribution in [2.75, 3.05) is 13.6 Å². The summed E-state index contributed by atoms with van der Waals surface area (Å²) in [6.07, 6.45) is 7.68. The van der Waals surface area contributed by atoms with Crippen LogP contribution in [0.5, 0.6) is 0 Å². The second-order valence-electron chi connectivity index (χ2n) is 6.38. The Morgan fingerprint density at radius 1 is 1.08 bits per heavy atom. The lowest BCUT2D eigenvalue weighted by Gasteiger charge is -2.16. The molecule has 0 amide bonds. The predicted molar refractivity (Wildman–Crippen MR) is 98.0 cm³/mol. The fourth-order valence-electron chi connectivity index (χ4n) is 2.92. The number of aryl methyl sites for hydroxylation is 2. The second-order valence-corrected chi connectivity index (χ2v) is 6.38. The summed E-state index contributed by atoms with van der Waals surface area (Å²) in [7, 11) is 2.13. The average Bonchev–Trinajstić information content (AvgIpc) is 2.95. The molecule has 0 atom stereocenters. The van der Waals surface area contributed by atoms with E-state index in [0.717, 1.165) is 42.9 Å². The molecule has 3 aromatic heterocycles. The van der Waals surface area contributed by atoms with Gasteiger partial charge in [-0.3, -0.25) is 10.1 Å². The van der Waals surface area contributed by atoms with Crippen molar-refractivity contribution in [1.29, 1.82) is 0 Å². The number of aromatic amines is 1. The van der Waals surface area contributed by atoms with Crippen molar-refractivity contribution in [2.24, 2.45) is 0 Å². The highest BCUT2D eigenvalue weighted by Gasteiger charge is 2.08. The molecule has 0 unspecified atom stereocenters. The summed E-state index contributed by atoms with van der Waals surface area (Å²) in [6.45, 7) is 6.00. The van der Waals surface area contributed by atoms with E-state index in [-0.39, 0.29) is 0 Å². The Morgan fingerprint density at radius 3 is 2.52 bits per heavy atom. The van der Waals surface area contributed by atoms with Gasteiger partial charge < -0.3 is 4.90 Å². The lowest BCUT2D eigenvalue weighted by Crippen LogP contribution is -2.20. The van der Waals surface area contributed by atoms with E-state index in [4.69, 9.17) is 0 Å². The molecule has 0 aliphatic carbocycles. The van der Waals surface area contributed by atoms with Crippen molar-refractivity contribution in [2.45, 2.75) is 33.2 Å². The molecule has 3 aromatic rings. The molecule has 0 aliphatic rings. The van der Waals surface area contributed by atoms with Crippen LogP contribution >= 0.6 is 0 Å². The first kappa shape index (κ1) is 17.2. The number of pyridine rings is 1. The molecule has 0 spiro atoms. The van der Waals surface area contributed by atoms with Crippen molar-refractivity contribution >= 4 is 0 Å². The summed E-state index contributed by atoms with van der Waals surface area (Å²) < 4.78 is 0. The van der Waals surface area contributed by atoms with Crippen molar-refractivity contribution < 1.29 is 0 Å². The summed E-state index contributed by atoms with van der Waals surface area (Å²) in [5.74, 6) is 0.665. The van der Waals surface area contributed by atoms with Crippen LogP contribution < -0.4 is 0 Å². The minimum atomic E-state index is 0.665. The summed E-state index contributed by atoms with van der Waals surface area (Å²) in [5.41, 5.74) is 5.54. The van der Waals surface area contributed by atoms with Gasteiger partial charge >= 0.3 is 0 Å². The van der Waals surface area contributed by atoms with Crippen LogP contribution in [0.1, 0.15) is 28.9 Å². The fraction of sp³-hybridized carbons (Fsp3) is 0.368. The quantitative estimate of drug-likeness (QED) is 0.718. The van der Waals surface area contributed by atoms with Crippen LogP contribution in [0.25, 0.3) is 11.5 Å². The van der Waals surface area contributed by atoms with Crippen molar-refractivity contribution in [3.63, 3.8) is 0 Å². The van der Waals surface area contributed by atoms with Crippen LogP contribution in [0, 0.1) is 13.8 Å². The number of nitrogens with one attached hydrogen (secondary N) is 1. The lowest BCUT2D eigenvalue weighted by molar-refractivity contribution is 0.321. The molecule has 0 aromatic carbocycles. The monoisotopic (exact) mass is 336 g/mol. The molecule has 6 nitrogen and oxygen atoms in total. The van der Waals surface area contributed by atoms with Crippen LogP contribution in [0.2, 0.25) is 0 Å². The van der Waals surface area contributed by atoms with Gasteiger partial charge in [0.15, 0.2) is 5.82 Å². The number of aromatic nitrogens is 5. The zero-order valence-electron chi connectivity index (χ0n) is 15.0. The standard InChI is InChI=1S/C19H24N6/c1-14-17(15(2)24-23-14)7-6-10-25(3)13-16-11-21-19(22-12-16)18-8-4-5-9-20-18/h4-5,8-9,11-12H,6-7,10,13H2,1-3H3,(H,23,24). The molecule has 1 N–H and O–H groups in total. The molecule has 130 valence electrons. The van der Waals surface area contributed by atoms with Crippen LogP contribution in [-0.2, 0) is 13.0 Å². The molecule has 0 radical (unpaired) electrons. The highest BCUT2D eigenvalue weighted by atomic mass is 15.1. The summed E-state index contributed by atoms with van der Waals surface area (Å²) in [5, 5.41) is 7.30. The Kier molecular flexibility index (Phi) is 5.50. The lowest BCUT2D eigenvalue weighted by atomic mass is 10.1. The molecule has 0 saturated carbocycles. The Morgan fingerprint density at radius 2 is 1.88 bits per heavy atom. The molecule has 0 aliphatic heterocycles. The Labute approximate surface area is 148 Å². The maximum Gasteiger partial charge on any atom is 0.178 e. The largest absolute Gasteiger partial charge is 0.302 e. The fourth-order valence-corrected chi connectivity index (χ4v) is 2.92. The minimum absolute atomic E-state index is 0.665. The van der Waals surface area contributed by atoms with E-state index in [1.807, 2.05) is 30.6 Å². The Balaban J connectivity index is 1.50. The van der Waals surface area contributed by atoms with Crippen LogP contribution in [0.4, 0.5) is 0 Å². The zero-order valence-corrected chi connectivity index (χ0v) is 15.0. The maximum atomic E-state index is 4.43. The second kappa shape index (κ2) is 7.98. The van der Waals surface area contributed by atoms with Gasteiger partial charge in [-0.15, -0.1) is 0 Å². The molecule has 25 heavy (non-hydrogen) atoms. The van der Waals surface area contributed by atoms with Gasteiger partial charge in [0.1, 0.15) is 5.69 Å². The van der Waals surface area contributed by atoms with Gasteiger partial charge in [-0.2, -0.15) is 5.10 Å². The molecule has 3 heterocycles. The molecule has 0 bridgehead atoms.